The summed E-state index contributed by atoms with van der Waals surface area (Å²) in [7, 11) is 0. The fraction of sp³-hybridized carbons (Fsp3) is 0.250. The van der Waals surface area contributed by atoms with Gasteiger partial charge in [-0.15, -0.1) is 0 Å². The molecule has 2 rings (SSSR count). The molecule has 0 saturated carbocycles. The van der Waals surface area contributed by atoms with Crippen LogP contribution in [0.1, 0.15) is 18.4 Å². The Bertz CT molecular complexity index is 480. The summed E-state index contributed by atoms with van der Waals surface area (Å²) in [6.07, 6.45) is 1.93. The molecule has 88 valence electrons. The maximum atomic E-state index is 5.07. The van der Waals surface area contributed by atoms with E-state index in [4.69, 9.17) is 9.26 Å². The summed E-state index contributed by atoms with van der Waals surface area (Å²) in [6, 6.07) is 9.93. The molecule has 0 unspecified atom stereocenters. The van der Waals surface area contributed by atoms with E-state index < -0.39 is 0 Å². The maximum Gasteiger partial charge on any atom is 0.292 e. The van der Waals surface area contributed by atoms with Crippen molar-refractivity contribution in [2.75, 3.05) is 6.61 Å². The van der Waals surface area contributed by atoms with E-state index in [1.807, 2.05) is 37.3 Å². The number of aromatic nitrogens is 2. The fourth-order valence-corrected chi connectivity index (χ4v) is 1.30. The highest BCUT2D eigenvalue weighted by atomic mass is 16.5. The van der Waals surface area contributed by atoms with Crippen LogP contribution in [0.25, 0.3) is 0 Å². The van der Waals surface area contributed by atoms with Crippen LogP contribution >= 0.6 is 0 Å². The number of hydrogen-bond donors (Lipinski definition) is 0. The second-order valence-corrected chi connectivity index (χ2v) is 3.34. The summed E-state index contributed by atoms with van der Waals surface area (Å²) < 4.78 is 10.0. The third-order valence-corrected chi connectivity index (χ3v) is 2.06. The van der Waals surface area contributed by atoms with Crippen LogP contribution in [0.5, 0.6) is 0 Å². The second-order valence-electron chi connectivity index (χ2n) is 3.34. The summed E-state index contributed by atoms with van der Waals surface area (Å²) in [6.45, 7) is 2.45. The molecule has 0 spiro atoms. The zero-order valence-corrected chi connectivity index (χ0v) is 9.54. The van der Waals surface area contributed by atoms with Crippen LogP contribution in [0.3, 0.4) is 0 Å². The minimum atomic E-state index is 0.282. The Morgan fingerprint density at radius 1 is 1.35 bits per heavy atom. The SMILES string of the molecule is CCO/C=N/c1noc(Cc2ccccc2)n1. The molecule has 0 fully saturated rings. The number of hydrogen-bond acceptors (Lipinski definition) is 5. The standard InChI is InChI=1S/C12H13N3O2/c1-2-16-9-13-12-14-11(17-15-12)8-10-6-4-3-5-7-10/h3-7,9H,2,8H2,1H3/b13-9+. The molecular formula is C12H13N3O2. The van der Waals surface area contributed by atoms with Crippen molar-refractivity contribution < 1.29 is 9.26 Å². The number of benzene rings is 1. The zero-order chi connectivity index (χ0) is 11.9. The first-order valence-corrected chi connectivity index (χ1v) is 5.39. The van der Waals surface area contributed by atoms with Crippen molar-refractivity contribution in [3.05, 3.63) is 41.8 Å². The van der Waals surface area contributed by atoms with Gasteiger partial charge in [0.15, 0.2) is 6.40 Å². The minimum Gasteiger partial charge on any atom is -0.483 e. The molecule has 0 saturated heterocycles. The summed E-state index contributed by atoms with van der Waals surface area (Å²) in [4.78, 5) is 8.02. The average molecular weight is 231 g/mol. The van der Waals surface area contributed by atoms with E-state index in [0.717, 1.165) is 5.56 Å². The molecular weight excluding hydrogens is 218 g/mol. The molecule has 1 aromatic heterocycles. The lowest BCUT2D eigenvalue weighted by molar-refractivity contribution is 0.343. The van der Waals surface area contributed by atoms with Crippen LogP contribution < -0.4 is 0 Å². The van der Waals surface area contributed by atoms with Crippen molar-refractivity contribution in [2.45, 2.75) is 13.3 Å². The van der Waals surface area contributed by atoms with Gasteiger partial charge >= 0.3 is 0 Å². The molecule has 17 heavy (non-hydrogen) atoms. The quantitative estimate of drug-likeness (QED) is 0.585. The summed E-state index contributed by atoms with van der Waals surface area (Å²) in [5.41, 5.74) is 1.12. The molecule has 0 aliphatic heterocycles. The van der Waals surface area contributed by atoms with Crippen molar-refractivity contribution in [3.63, 3.8) is 0 Å². The first kappa shape index (κ1) is 11.3. The molecule has 0 aliphatic carbocycles. The lowest BCUT2D eigenvalue weighted by atomic mass is 10.2. The van der Waals surface area contributed by atoms with Gasteiger partial charge in [0.2, 0.25) is 5.89 Å². The highest BCUT2D eigenvalue weighted by Crippen LogP contribution is 2.10. The Morgan fingerprint density at radius 3 is 2.94 bits per heavy atom. The molecule has 0 bridgehead atoms. The monoisotopic (exact) mass is 231 g/mol. The summed E-state index contributed by atoms with van der Waals surface area (Å²) in [5.74, 6) is 0.823. The van der Waals surface area contributed by atoms with Crippen molar-refractivity contribution in [1.29, 1.82) is 0 Å². The van der Waals surface area contributed by atoms with E-state index in [0.29, 0.717) is 18.9 Å². The van der Waals surface area contributed by atoms with E-state index in [2.05, 4.69) is 15.1 Å². The Labute approximate surface area is 99.1 Å². The predicted molar refractivity (Wildman–Crippen MR) is 63.3 cm³/mol. The number of nitrogens with zero attached hydrogens (tertiary/aromatic N) is 3. The van der Waals surface area contributed by atoms with Gasteiger partial charge in [0.05, 0.1) is 13.0 Å². The van der Waals surface area contributed by atoms with Gasteiger partial charge in [-0.1, -0.05) is 30.3 Å². The van der Waals surface area contributed by atoms with Crippen molar-refractivity contribution >= 4 is 12.3 Å². The lowest BCUT2D eigenvalue weighted by Crippen LogP contribution is -1.87. The minimum absolute atomic E-state index is 0.282. The zero-order valence-electron chi connectivity index (χ0n) is 9.54. The van der Waals surface area contributed by atoms with Gasteiger partial charge in [-0.25, -0.2) is 0 Å². The Kier molecular flexibility index (Phi) is 3.85. The molecule has 0 atom stereocenters. The fourth-order valence-electron chi connectivity index (χ4n) is 1.30. The van der Waals surface area contributed by atoms with Gasteiger partial charge in [-0.2, -0.15) is 9.98 Å². The van der Waals surface area contributed by atoms with Gasteiger partial charge < -0.3 is 9.26 Å². The molecule has 0 amide bonds. The second kappa shape index (κ2) is 5.79. The van der Waals surface area contributed by atoms with Crippen LogP contribution in [-0.2, 0) is 11.2 Å². The molecule has 0 N–H and O–H groups in total. The third kappa shape index (κ3) is 3.41. The van der Waals surface area contributed by atoms with Crippen molar-refractivity contribution in [2.24, 2.45) is 4.99 Å². The highest BCUT2D eigenvalue weighted by molar-refractivity contribution is 5.50. The molecule has 0 radical (unpaired) electrons. The average Bonchev–Trinajstić information content (AvgIpc) is 2.79. The number of ether oxygens (including phenoxy) is 1. The van der Waals surface area contributed by atoms with Crippen LogP contribution in [0.2, 0.25) is 0 Å². The maximum absolute atomic E-state index is 5.07. The van der Waals surface area contributed by atoms with E-state index in [1.54, 1.807) is 0 Å². The predicted octanol–water partition coefficient (Wildman–Crippen LogP) is 2.36. The van der Waals surface area contributed by atoms with Crippen molar-refractivity contribution in [3.8, 4) is 0 Å². The first-order valence-electron chi connectivity index (χ1n) is 5.39. The first-order chi connectivity index (χ1) is 8.38. The molecule has 5 heteroatoms. The Morgan fingerprint density at radius 2 is 2.18 bits per heavy atom. The van der Waals surface area contributed by atoms with E-state index in [1.165, 1.54) is 6.40 Å². The van der Waals surface area contributed by atoms with Gasteiger partial charge in [-0.05, 0) is 17.6 Å². The highest BCUT2D eigenvalue weighted by Gasteiger charge is 2.05. The summed E-state index contributed by atoms with van der Waals surface area (Å²) >= 11 is 0. The van der Waals surface area contributed by atoms with E-state index in [-0.39, 0.29) is 5.95 Å². The molecule has 5 nitrogen and oxygen atoms in total. The molecule has 2 aromatic rings. The molecule has 1 aromatic carbocycles. The lowest BCUT2D eigenvalue weighted by Gasteiger charge is -1.93. The summed E-state index contributed by atoms with van der Waals surface area (Å²) in [5, 5.41) is 3.72. The Balaban J connectivity index is 1.99. The van der Waals surface area contributed by atoms with Crippen molar-refractivity contribution in [1.82, 2.24) is 10.1 Å². The van der Waals surface area contributed by atoms with Crippen LogP contribution in [0, 0.1) is 0 Å². The van der Waals surface area contributed by atoms with Gasteiger partial charge in [0.1, 0.15) is 0 Å². The third-order valence-electron chi connectivity index (χ3n) is 2.06. The van der Waals surface area contributed by atoms with Gasteiger partial charge in [0.25, 0.3) is 5.95 Å². The van der Waals surface area contributed by atoms with Gasteiger partial charge in [0, 0.05) is 0 Å². The number of rotatable bonds is 5. The van der Waals surface area contributed by atoms with Crippen LogP contribution in [-0.4, -0.2) is 23.1 Å². The largest absolute Gasteiger partial charge is 0.483 e. The van der Waals surface area contributed by atoms with Crippen LogP contribution in [0.15, 0.2) is 39.8 Å². The number of aliphatic imine (C=N–C) groups is 1. The smallest absolute Gasteiger partial charge is 0.292 e. The topological polar surface area (TPSA) is 60.5 Å². The normalized spacial score (nSPS) is 10.9. The molecule has 1 heterocycles. The van der Waals surface area contributed by atoms with Crippen LogP contribution in [0.4, 0.5) is 5.95 Å². The Hall–Kier alpha value is -2.17. The molecule has 0 aliphatic rings. The van der Waals surface area contributed by atoms with E-state index in [9.17, 15) is 0 Å². The van der Waals surface area contributed by atoms with Gasteiger partial charge in [-0.3, -0.25) is 0 Å². The van der Waals surface area contributed by atoms with E-state index >= 15 is 0 Å².